The van der Waals surface area contributed by atoms with Crippen molar-refractivity contribution >= 4 is 27.7 Å². The molecule has 0 bridgehead atoms. The topological polar surface area (TPSA) is 60.4 Å². The molecular formula is C15H12ClFO4S. The van der Waals surface area contributed by atoms with Crippen LogP contribution < -0.4 is 4.74 Å². The minimum Gasteiger partial charge on any atom is -0.456 e. The second kappa shape index (κ2) is 6.06. The Hall–Kier alpha value is -1.92. The number of rotatable bonds is 4. The van der Waals surface area contributed by atoms with Crippen LogP contribution in [-0.4, -0.2) is 21.0 Å². The molecule has 116 valence electrons. The van der Waals surface area contributed by atoms with E-state index in [1.54, 1.807) is 0 Å². The lowest BCUT2D eigenvalue weighted by Gasteiger charge is -2.14. The molecule has 0 aromatic heterocycles. The molecule has 0 aliphatic heterocycles. The maximum atomic E-state index is 13.3. The predicted octanol–water partition coefficient (Wildman–Crippen LogP) is 3.80. The van der Waals surface area contributed by atoms with Crippen molar-refractivity contribution in [2.45, 2.75) is 11.8 Å². The molecule has 0 fully saturated rings. The first-order valence-electron chi connectivity index (χ1n) is 6.15. The van der Waals surface area contributed by atoms with Crippen molar-refractivity contribution in [2.75, 3.05) is 6.26 Å². The van der Waals surface area contributed by atoms with Crippen molar-refractivity contribution in [3.63, 3.8) is 0 Å². The van der Waals surface area contributed by atoms with Crippen molar-refractivity contribution in [2.24, 2.45) is 0 Å². The fourth-order valence-corrected chi connectivity index (χ4v) is 3.43. The molecule has 0 aliphatic rings. The summed E-state index contributed by atoms with van der Waals surface area (Å²) in [5, 5.41) is 0.122. The number of benzene rings is 2. The molecule has 0 radical (unpaired) electrons. The first-order valence-corrected chi connectivity index (χ1v) is 8.42. The van der Waals surface area contributed by atoms with Gasteiger partial charge in [0.05, 0.1) is 0 Å². The van der Waals surface area contributed by atoms with Crippen molar-refractivity contribution in [3.8, 4) is 11.5 Å². The van der Waals surface area contributed by atoms with E-state index in [0.29, 0.717) is 6.29 Å². The van der Waals surface area contributed by atoms with Gasteiger partial charge in [-0.1, -0.05) is 11.6 Å². The monoisotopic (exact) mass is 342 g/mol. The van der Waals surface area contributed by atoms with Gasteiger partial charge in [0.15, 0.2) is 9.84 Å². The van der Waals surface area contributed by atoms with Crippen LogP contribution in [0.25, 0.3) is 0 Å². The van der Waals surface area contributed by atoms with Crippen LogP contribution in [0.4, 0.5) is 4.39 Å². The number of halogens is 2. The van der Waals surface area contributed by atoms with Crippen LogP contribution in [0.2, 0.25) is 5.02 Å². The number of hydrogen-bond donors (Lipinski definition) is 0. The zero-order valence-corrected chi connectivity index (χ0v) is 13.3. The molecule has 0 spiro atoms. The van der Waals surface area contributed by atoms with Gasteiger partial charge in [0.2, 0.25) is 0 Å². The molecule has 2 aromatic carbocycles. The fraction of sp³-hybridized carbons (Fsp3) is 0.133. The maximum absolute atomic E-state index is 13.3. The summed E-state index contributed by atoms with van der Waals surface area (Å²) in [5.74, 6) is -0.537. The standard InChI is InChI=1S/C15H12ClFO4S/c1-9-10(8-18)3-4-14(15(9)22(2,19)20)21-13-6-11(16)5-12(17)7-13/h3-8H,1-2H3. The third kappa shape index (κ3) is 3.45. The van der Waals surface area contributed by atoms with E-state index in [1.807, 2.05) is 0 Å². The Morgan fingerprint density at radius 1 is 1.23 bits per heavy atom. The molecule has 0 heterocycles. The van der Waals surface area contributed by atoms with Gasteiger partial charge in [-0.15, -0.1) is 0 Å². The minimum absolute atomic E-state index is 0.00673. The van der Waals surface area contributed by atoms with E-state index < -0.39 is 15.7 Å². The highest BCUT2D eigenvalue weighted by atomic mass is 35.5. The molecule has 0 aliphatic carbocycles. The Bertz CT molecular complexity index is 827. The van der Waals surface area contributed by atoms with Gasteiger partial charge in [0.1, 0.15) is 28.5 Å². The van der Waals surface area contributed by atoms with Crippen LogP contribution in [0.1, 0.15) is 15.9 Å². The van der Waals surface area contributed by atoms with E-state index in [1.165, 1.54) is 25.1 Å². The first kappa shape index (κ1) is 16.5. The van der Waals surface area contributed by atoms with Crippen LogP contribution in [-0.2, 0) is 9.84 Å². The van der Waals surface area contributed by atoms with E-state index in [0.717, 1.165) is 18.4 Å². The van der Waals surface area contributed by atoms with Crippen LogP contribution in [0, 0.1) is 12.7 Å². The summed E-state index contributed by atoms with van der Waals surface area (Å²) in [5.41, 5.74) is 0.516. The third-order valence-electron chi connectivity index (χ3n) is 2.97. The normalized spacial score (nSPS) is 11.3. The van der Waals surface area contributed by atoms with Gasteiger partial charge in [0.25, 0.3) is 0 Å². The fourth-order valence-electron chi connectivity index (χ4n) is 2.07. The average Bonchev–Trinajstić information content (AvgIpc) is 2.36. The summed E-state index contributed by atoms with van der Waals surface area (Å²) in [6.07, 6.45) is 1.57. The zero-order valence-electron chi connectivity index (χ0n) is 11.8. The molecule has 0 atom stereocenters. The highest BCUT2D eigenvalue weighted by Gasteiger charge is 2.21. The van der Waals surface area contributed by atoms with E-state index in [2.05, 4.69) is 0 Å². The SMILES string of the molecule is Cc1c(C=O)ccc(Oc2cc(F)cc(Cl)c2)c1S(C)(=O)=O. The number of carbonyl (C=O) groups is 1. The van der Waals surface area contributed by atoms with Crippen molar-refractivity contribution < 1.29 is 22.3 Å². The van der Waals surface area contributed by atoms with Gasteiger partial charge in [-0.05, 0) is 36.8 Å². The van der Waals surface area contributed by atoms with Gasteiger partial charge in [-0.25, -0.2) is 12.8 Å². The largest absolute Gasteiger partial charge is 0.456 e. The van der Waals surface area contributed by atoms with Gasteiger partial charge >= 0.3 is 0 Å². The molecule has 0 saturated carbocycles. The maximum Gasteiger partial charge on any atom is 0.179 e. The Morgan fingerprint density at radius 2 is 1.91 bits per heavy atom. The summed E-state index contributed by atoms with van der Waals surface area (Å²) >= 11 is 5.74. The number of sulfone groups is 1. The molecule has 2 aromatic rings. The van der Waals surface area contributed by atoms with Crippen LogP contribution in [0.3, 0.4) is 0 Å². The molecule has 7 heteroatoms. The number of carbonyl (C=O) groups excluding carboxylic acids is 1. The van der Waals surface area contributed by atoms with Gasteiger partial charge in [0, 0.05) is 22.9 Å². The van der Waals surface area contributed by atoms with E-state index in [4.69, 9.17) is 16.3 Å². The minimum atomic E-state index is -3.65. The Balaban J connectivity index is 2.60. The lowest BCUT2D eigenvalue weighted by Crippen LogP contribution is -2.05. The quantitative estimate of drug-likeness (QED) is 0.793. The lowest BCUT2D eigenvalue weighted by atomic mass is 10.1. The molecule has 0 N–H and O–H groups in total. The Morgan fingerprint density at radius 3 is 2.45 bits per heavy atom. The predicted molar refractivity (Wildman–Crippen MR) is 81.2 cm³/mol. The summed E-state index contributed by atoms with van der Waals surface area (Å²) < 4.78 is 42.7. The van der Waals surface area contributed by atoms with Crippen molar-refractivity contribution in [1.29, 1.82) is 0 Å². The van der Waals surface area contributed by atoms with Crippen molar-refractivity contribution in [1.82, 2.24) is 0 Å². The molecular weight excluding hydrogens is 331 g/mol. The van der Waals surface area contributed by atoms with Gasteiger partial charge in [-0.2, -0.15) is 0 Å². The molecule has 0 saturated heterocycles. The molecule has 0 unspecified atom stereocenters. The summed E-state index contributed by atoms with van der Waals surface area (Å²) in [6.45, 7) is 1.51. The van der Waals surface area contributed by atoms with Gasteiger partial charge < -0.3 is 4.74 Å². The zero-order chi connectivity index (χ0) is 16.5. The van der Waals surface area contributed by atoms with Crippen LogP contribution >= 0.6 is 11.6 Å². The molecule has 4 nitrogen and oxygen atoms in total. The second-order valence-electron chi connectivity index (χ2n) is 4.70. The second-order valence-corrected chi connectivity index (χ2v) is 7.09. The molecule has 22 heavy (non-hydrogen) atoms. The van der Waals surface area contributed by atoms with E-state index in [9.17, 15) is 17.6 Å². The molecule has 2 rings (SSSR count). The van der Waals surface area contributed by atoms with Gasteiger partial charge in [-0.3, -0.25) is 4.79 Å². The van der Waals surface area contributed by atoms with Crippen LogP contribution in [0.15, 0.2) is 35.2 Å². The Labute approximate surface area is 132 Å². The van der Waals surface area contributed by atoms with E-state index >= 15 is 0 Å². The smallest absolute Gasteiger partial charge is 0.179 e. The number of hydrogen-bond acceptors (Lipinski definition) is 4. The Kier molecular flexibility index (Phi) is 4.53. The number of aldehydes is 1. The number of ether oxygens (including phenoxy) is 1. The first-order chi connectivity index (χ1) is 10.2. The lowest BCUT2D eigenvalue weighted by molar-refractivity contribution is 0.112. The van der Waals surface area contributed by atoms with E-state index in [-0.39, 0.29) is 32.5 Å². The van der Waals surface area contributed by atoms with Crippen LogP contribution in [0.5, 0.6) is 11.5 Å². The molecule has 0 amide bonds. The highest BCUT2D eigenvalue weighted by Crippen LogP contribution is 2.34. The highest BCUT2D eigenvalue weighted by molar-refractivity contribution is 7.90. The summed E-state index contributed by atoms with van der Waals surface area (Å²) in [4.78, 5) is 10.8. The summed E-state index contributed by atoms with van der Waals surface area (Å²) in [7, 11) is -3.65. The third-order valence-corrected chi connectivity index (χ3v) is 4.44. The van der Waals surface area contributed by atoms with Crippen molar-refractivity contribution in [3.05, 3.63) is 52.3 Å². The summed E-state index contributed by atoms with van der Waals surface area (Å²) in [6, 6.07) is 6.34. The average molecular weight is 343 g/mol.